The zero-order valence-electron chi connectivity index (χ0n) is 58.5. The molecule has 1 unspecified atom stereocenters. The van der Waals surface area contributed by atoms with E-state index in [4.69, 9.17) is 9.47 Å². The van der Waals surface area contributed by atoms with Crippen LogP contribution in [0.15, 0.2) is 109 Å². The molecule has 88 heavy (non-hydrogen) atoms. The highest BCUT2D eigenvalue weighted by molar-refractivity contribution is 5.70. The molecule has 0 saturated carbocycles. The first-order chi connectivity index (χ1) is 43.6. The Morgan fingerprint density at radius 1 is 0.273 bits per heavy atom. The van der Waals surface area contributed by atoms with Crippen LogP contribution in [0.25, 0.3) is 0 Å². The molecule has 0 heterocycles. The lowest BCUT2D eigenvalue weighted by Gasteiger charge is -2.15. The van der Waals surface area contributed by atoms with Crippen molar-refractivity contribution >= 4 is 11.9 Å². The van der Waals surface area contributed by atoms with E-state index in [-0.39, 0.29) is 25.2 Å². The molecule has 0 bridgehead atoms. The highest BCUT2D eigenvalue weighted by atomic mass is 16.6. The molecule has 1 atom stereocenters. The molecular weight excluding hydrogens is 1080 g/mol. The van der Waals surface area contributed by atoms with Crippen LogP contribution in [-0.2, 0) is 19.1 Å². The Morgan fingerprint density at radius 3 is 0.739 bits per heavy atom. The molecule has 0 saturated heterocycles. The number of rotatable bonds is 71. The van der Waals surface area contributed by atoms with Crippen LogP contribution in [0.4, 0.5) is 0 Å². The smallest absolute Gasteiger partial charge is 0.306 e. The lowest BCUT2D eigenvalue weighted by atomic mass is 10.0. The summed E-state index contributed by atoms with van der Waals surface area (Å²) in [5.74, 6) is -0.581. The minimum Gasteiger partial charge on any atom is -0.462 e. The maximum absolute atomic E-state index is 12.4. The standard InChI is InChI=1S/C83H146O5/c1-3-5-7-9-11-13-15-17-19-21-23-25-27-29-31-33-35-37-39-40-41-42-44-46-48-50-52-54-56-58-60-62-64-66-68-70-72-74-76-78-83(86)88-81(79-84)80-87-82(85)77-75-73-71-69-67-65-63-61-59-57-55-53-51-49-47-45-43-38-36-34-32-30-28-26-24-22-20-18-16-14-12-10-8-6-4-2/h5,7,11,13,17,19,23,25,29,31,35,37,40-41,44,46,50,52,81,84H,3-4,6,8-10,12,14-16,18,20-22,24,26-28,30,32-34,36,38-39,42-43,45,47-49,51,53-80H2,1-2H3/b7-5-,13-11-,19-17-,25-23-,31-29-,37-35-,41-40-,46-44-,52-50-. The van der Waals surface area contributed by atoms with E-state index in [1.807, 2.05) is 0 Å². The van der Waals surface area contributed by atoms with Crippen molar-refractivity contribution < 1.29 is 24.2 Å². The topological polar surface area (TPSA) is 72.8 Å². The van der Waals surface area contributed by atoms with Crippen LogP contribution in [0.5, 0.6) is 0 Å². The van der Waals surface area contributed by atoms with Crippen LogP contribution in [0.3, 0.4) is 0 Å². The first-order valence-corrected chi connectivity index (χ1v) is 38.4. The van der Waals surface area contributed by atoms with Gasteiger partial charge in [-0.3, -0.25) is 9.59 Å². The third kappa shape index (κ3) is 75.0. The maximum Gasteiger partial charge on any atom is 0.306 e. The van der Waals surface area contributed by atoms with Gasteiger partial charge in [0, 0.05) is 12.8 Å². The van der Waals surface area contributed by atoms with E-state index in [0.29, 0.717) is 12.8 Å². The van der Waals surface area contributed by atoms with E-state index < -0.39 is 6.10 Å². The number of hydrogen-bond donors (Lipinski definition) is 1. The highest BCUT2D eigenvalue weighted by Crippen LogP contribution is 2.19. The zero-order chi connectivity index (χ0) is 63.3. The van der Waals surface area contributed by atoms with Crippen LogP contribution >= 0.6 is 0 Å². The van der Waals surface area contributed by atoms with Crippen molar-refractivity contribution in [3.63, 3.8) is 0 Å². The minimum absolute atomic E-state index is 0.0671. The van der Waals surface area contributed by atoms with Crippen LogP contribution in [-0.4, -0.2) is 36.4 Å². The van der Waals surface area contributed by atoms with Crippen molar-refractivity contribution in [3.05, 3.63) is 109 Å². The molecule has 508 valence electrons. The van der Waals surface area contributed by atoms with E-state index in [9.17, 15) is 14.7 Å². The first-order valence-electron chi connectivity index (χ1n) is 38.4. The molecule has 0 rings (SSSR count). The van der Waals surface area contributed by atoms with Crippen molar-refractivity contribution in [2.45, 2.75) is 392 Å². The third-order valence-electron chi connectivity index (χ3n) is 17.1. The summed E-state index contributed by atoms with van der Waals surface area (Å²) in [5, 5.41) is 9.72. The maximum atomic E-state index is 12.4. The Bertz CT molecular complexity index is 1670. The van der Waals surface area contributed by atoms with E-state index in [1.54, 1.807) is 0 Å². The molecule has 0 aromatic heterocycles. The van der Waals surface area contributed by atoms with Gasteiger partial charge in [0.05, 0.1) is 6.61 Å². The average Bonchev–Trinajstić information content (AvgIpc) is 3.54. The Labute approximate surface area is 548 Å². The molecule has 0 aromatic rings. The Balaban J connectivity index is 3.46. The normalized spacial score (nSPS) is 12.8. The van der Waals surface area contributed by atoms with Gasteiger partial charge in [0.2, 0.25) is 0 Å². The van der Waals surface area contributed by atoms with E-state index in [2.05, 4.69) is 123 Å². The van der Waals surface area contributed by atoms with Crippen molar-refractivity contribution in [3.8, 4) is 0 Å². The van der Waals surface area contributed by atoms with E-state index >= 15 is 0 Å². The fraction of sp³-hybridized carbons (Fsp3) is 0.759. The molecule has 5 nitrogen and oxygen atoms in total. The molecule has 1 N–H and O–H groups in total. The number of aliphatic hydroxyl groups excluding tert-OH is 1. The summed E-state index contributed by atoms with van der Waals surface area (Å²) >= 11 is 0. The Hall–Kier alpha value is -3.44. The second-order valence-electron chi connectivity index (χ2n) is 25.7. The summed E-state index contributed by atoms with van der Waals surface area (Å²) in [4.78, 5) is 24.7. The lowest BCUT2D eigenvalue weighted by molar-refractivity contribution is -0.161. The molecule has 0 amide bonds. The largest absolute Gasteiger partial charge is 0.462 e. The number of ether oxygens (including phenoxy) is 2. The molecule has 5 heteroatoms. The van der Waals surface area contributed by atoms with Gasteiger partial charge in [0.15, 0.2) is 6.10 Å². The summed E-state index contributed by atoms with van der Waals surface area (Å²) in [6.45, 7) is 4.07. The van der Waals surface area contributed by atoms with Gasteiger partial charge in [-0.05, 0) is 83.5 Å². The number of carbonyl (C=O) groups excluding carboxylic acids is 2. The average molecular weight is 1220 g/mol. The van der Waals surface area contributed by atoms with Gasteiger partial charge in [-0.1, -0.05) is 399 Å². The summed E-state index contributed by atoms with van der Waals surface area (Å²) in [7, 11) is 0. The van der Waals surface area contributed by atoms with Gasteiger partial charge in [0.25, 0.3) is 0 Å². The molecule has 0 spiro atoms. The second kappa shape index (κ2) is 77.8. The van der Waals surface area contributed by atoms with Gasteiger partial charge >= 0.3 is 11.9 Å². The van der Waals surface area contributed by atoms with Crippen LogP contribution < -0.4 is 0 Å². The number of hydrogen-bond acceptors (Lipinski definition) is 5. The highest BCUT2D eigenvalue weighted by Gasteiger charge is 2.16. The molecule has 0 fully saturated rings. The van der Waals surface area contributed by atoms with Gasteiger partial charge in [0.1, 0.15) is 6.61 Å². The van der Waals surface area contributed by atoms with Crippen molar-refractivity contribution in [2.75, 3.05) is 13.2 Å². The Morgan fingerprint density at radius 2 is 0.489 bits per heavy atom. The molecule has 0 aromatic carbocycles. The Kier molecular flexibility index (Phi) is 74.8. The zero-order valence-corrected chi connectivity index (χ0v) is 58.5. The molecule has 0 aliphatic heterocycles. The number of unbranched alkanes of at least 4 members (excludes halogenated alkanes) is 45. The van der Waals surface area contributed by atoms with E-state index in [1.165, 1.54) is 263 Å². The van der Waals surface area contributed by atoms with Crippen molar-refractivity contribution in [1.29, 1.82) is 0 Å². The van der Waals surface area contributed by atoms with E-state index in [0.717, 1.165) is 96.3 Å². The molecular formula is C83H146O5. The predicted octanol–water partition coefficient (Wildman–Crippen LogP) is 27.1. The monoisotopic (exact) mass is 1220 g/mol. The minimum atomic E-state index is -0.780. The SMILES string of the molecule is CC/C=C\C/C=C\C/C=C\C/C=C\C/C=C\C/C=C\C/C=C\C/C=C\C/C=C\CCCCCCCCCCCCCC(=O)OC(CO)COC(=O)CCCCCCCCCCCCCCCCCCCCCCCCCCCCCCCCCCCCC. The van der Waals surface area contributed by atoms with Crippen LogP contribution in [0.2, 0.25) is 0 Å². The number of aliphatic hydroxyl groups is 1. The second-order valence-corrected chi connectivity index (χ2v) is 25.7. The predicted molar refractivity (Wildman–Crippen MR) is 389 cm³/mol. The number of esters is 2. The number of allylic oxidation sites excluding steroid dienone is 18. The third-order valence-corrected chi connectivity index (χ3v) is 17.1. The summed E-state index contributed by atoms with van der Waals surface area (Å²) in [5.41, 5.74) is 0. The van der Waals surface area contributed by atoms with Crippen LogP contribution in [0.1, 0.15) is 386 Å². The van der Waals surface area contributed by atoms with Gasteiger partial charge in [-0.2, -0.15) is 0 Å². The lowest BCUT2D eigenvalue weighted by Crippen LogP contribution is -2.28. The molecule has 0 radical (unpaired) electrons. The summed E-state index contributed by atoms with van der Waals surface area (Å²) < 4.78 is 10.8. The van der Waals surface area contributed by atoms with Crippen molar-refractivity contribution in [1.82, 2.24) is 0 Å². The molecule has 0 aliphatic carbocycles. The van der Waals surface area contributed by atoms with Gasteiger partial charge in [-0.25, -0.2) is 0 Å². The quantitative estimate of drug-likeness (QED) is 0.0373. The van der Waals surface area contributed by atoms with Gasteiger partial charge < -0.3 is 14.6 Å². The first kappa shape index (κ1) is 84.6. The number of carbonyl (C=O) groups is 2. The van der Waals surface area contributed by atoms with Crippen LogP contribution in [0, 0.1) is 0 Å². The fourth-order valence-electron chi connectivity index (χ4n) is 11.4. The van der Waals surface area contributed by atoms with Gasteiger partial charge in [-0.15, -0.1) is 0 Å². The van der Waals surface area contributed by atoms with Crippen molar-refractivity contribution in [2.24, 2.45) is 0 Å². The molecule has 0 aliphatic rings. The summed E-state index contributed by atoms with van der Waals surface area (Å²) in [6, 6.07) is 0. The fourth-order valence-corrected chi connectivity index (χ4v) is 11.4. The summed E-state index contributed by atoms with van der Waals surface area (Å²) in [6.07, 6.45) is 113.